The first kappa shape index (κ1) is 14.7. The fourth-order valence-corrected chi connectivity index (χ4v) is 1.66. The molecule has 1 N–H and O–H groups in total. The topological polar surface area (TPSA) is 51.2 Å². The molecule has 0 saturated carbocycles. The number of amides is 1. The number of rotatable bonds is 5. The number of aromatic nitrogens is 1. The Morgan fingerprint density at radius 3 is 2.81 bits per heavy atom. The zero-order valence-corrected chi connectivity index (χ0v) is 11.5. The van der Waals surface area contributed by atoms with Gasteiger partial charge >= 0.3 is 0 Å². The van der Waals surface area contributed by atoms with Crippen LogP contribution >= 0.6 is 0 Å². The largest absolute Gasteiger partial charge is 0.490 e. The lowest BCUT2D eigenvalue weighted by atomic mass is 10.2. The van der Waals surface area contributed by atoms with E-state index in [1.54, 1.807) is 36.5 Å². The van der Waals surface area contributed by atoms with Gasteiger partial charge in [-0.2, -0.15) is 0 Å². The average Bonchev–Trinajstić information content (AvgIpc) is 2.49. The Balaban J connectivity index is 2.03. The Bertz CT molecular complexity index is 639. The van der Waals surface area contributed by atoms with E-state index in [0.29, 0.717) is 18.2 Å². The molecular weight excluding hydrogens is 271 g/mol. The minimum Gasteiger partial charge on any atom is -0.490 e. The summed E-state index contributed by atoms with van der Waals surface area (Å²) in [5, 5.41) is 2.64. The Morgan fingerprint density at radius 1 is 1.33 bits per heavy atom. The van der Waals surface area contributed by atoms with Crippen molar-refractivity contribution < 1.29 is 13.9 Å². The molecule has 0 unspecified atom stereocenters. The number of nitrogens with one attached hydrogen (secondary N) is 1. The predicted molar refractivity (Wildman–Crippen MR) is 79.5 cm³/mol. The van der Waals surface area contributed by atoms with Crippen LogP contribution in [-0.2, 0) is 4.79 Å². The number of carbonyl (C=O) groups is 1. The zero-order valence-electron chi connectivity index (χ0n) is 11.5. The van der Waals surface area contributed by atoms with Crippen molar-refractivity contribution >= 4 is 17.8 Å². The van der Waals surface area contributed by atoms with Crippen LogP contribution in [0.3, 0.4) is 0 Å². The van der Waals surface area contributed by atoms with Crippen molar-refractivity contribution in [2.45, 2.75) is 6.92 Å². The summed E-state index contributed by atoms with van der Waals surface area (Å²) >= 11 is 0. The van der Waals surface area contributed by atoms with Crippen molar-refractivity contribution in [3.8, 4) is 5.75 Å². The van der Waals surface area contributed by atoms with Crippen LogP contribution in [0.2, 0.25) is 0 Å². The normalized spacial score (nSPS) is 10.6. The highest BCUT2D eigenvalue weighted by atomic mass is 19.1. The lowest BCUT2D eigenvalue weighted by Gasteiger charge is -2.08. The van der Waals surface area contributed by atoms with E-state index < -0.39 is 0 Å². The first-order valence-corrected chi connectivity index (χ1v) is 6.51. The second-order valence-electron chi connectivity index (χ2n) is 4.16. The third kappa shape index (κ3) is 4.42. The molecule has 4 nitrogen and oxygen atoms in total. The fourth-order valence-electron chi connectivity index (χ4n) is 1.66. The highest BCUT2D eigenvalue weighted by molar-refractivity contribution is 6.02. The van der Waals surface area contributed by atoms with Crippen LogP contribution in [0.15, 0.2) is 48.7 Å². The second kappa shape index (κ2) is 7.19. The molecule has 21 heavy (non-hydrogen) atoms. The Hall–Kier alpha value is -2.69. The summed E-state index contributed by atoms with van der Waals surface area (Å²) < 4.78 is 18.1. The molecule has 0 aliphatic heterocycles. The van der Waals surface area contributed by atoms with Crippen LogP contribution in [0.1, 0.15) is 12.5 Å². The summed E-state index contributed by atoms with van der Waals surface area (Å²) in [7, 11) is 0. The summed E-state index contributed by atoms with van der Waals surface area (Å²) in [5.74, 6) is 0.238. The molecule has 2 rings (SSSR count). The van der Waals surface area contributed by atoms with Crippen molar-refractivity contribution in [2.24, 2.45) is 0 Å². The standard InChI is InChI=1S/C16H15FN2O2/c1-2-21-14-4-3-11-18-16(14)19-15(20)10-7-12-5-8-13(17)9-6-12/h3-11H,2H2,1H3,(H,18,19,20)/b10-7+. The van der Waals surface area contributed by atoms with Gasteiger partial charge in [0.15, 0.2) is 11.6 Å². The molecule has 5 heteroatoms. The first-order valence-electron chi connectivity index (χ1n) is 6.51. The molecule has 0 aliphatic rings. The van der Waals surface area contributed by atoms with Crippen molar-refractivity contribution in [3.05, 3.63) is 60.1 Å². The maximum absolute atomic E-state index is 12.8. The minimum atomic E-state index is -0.334. The SMILES string of the molecule is CCOc1cccnc1NC(=O)/C=C/c1ccc(F)cc1. The van der Waals surface area contributed by atoms with Gasteiger partial charge in [-0.05, 0) is 42.8 Å². The number of anilines is 1. The maximum Gasteiger partial charge on any atom is 0.249 e. The van der Waals surface area contributed by atoms with Gasteiger partial charge in [-0.25, -0.2) is 9.37 Å². The lowest BCUT2D eigenvalue weighted by molar-refractivity contribution is -0.111. The van der Waals surface area contributed by atoms with Crippen molar-refractivity contribution in [1.82, 2.24) is 4.98 Å². The first-order chi connectivity index (χ1) is 10.2. The Kier molecular flexibility index (Phi) is 5.04. The van der Waals surface area contributed by atoms with Crippen molar-refractivity contribution in [2.75, 3.05) is 11.9 Å². The quantitative estimate of drug-likeness (QED) is 0.858. The van der Waals surface area contributed by atoms with Crippen molar-refractivity contribution in [1.29, 1.82) is 0 Å². The Morgan fingerprint density at radius 2 is 2.10 bits per heavy atom. The number of hydrogen-bond acceptors (Lipinski definition) is 3. The average molecular weight is 286 g/mol. The monoisotopic (exact) mass is 286 g/mol. The van der Waals surface area contributed by atoms with Gasteiger partial charge in [0.1, 0.15) is 5.82 Å². The molecule has 0 radical (unpaired) electrons. The second-order valence-corrected chi connectivity index (χ2v) is 4.16. The molecule has 0 fully saturated rings. The van der Waals surface area contributed by atoms with Gasteiger partial charge in [0.2, 0.25) is 5.91 Å². The van der Waals surface area contributed by atoms with Crippen molar-refractivity contribution in [3.63, 3.8) is 0 Å². The molecule has 0 spiro atoms. The zero-order chi connectivity index (χ0) is 15.1. The molecule has 0 aliphatic carbocycles. The van der Waals surface area contributed by atoms with Crippen LogP contribution in [-0.4, -0.2) is 17.5 Å². The highest BCUT2D eigenvalue weighted by Gasteiger charge is 2.06. The number of nitrogens with zero attached hydrogens (tertiary/aromatic N) is 1. The van der Waals surface area contributed by atoms with Crippen LogP contribution < -0.4 is 10.1 Å². The molecule has 1 amide bonds. The van der Waals surface area contributed by atoms with E-state index >= 15 is 0 Å². The fraction of sp³-hybridized carbons (Fsp3) is 0.125. The van der Waals surface area contributed by atoms with Gasteiger partial charge in [0.05, 0.1) is 6.61 Å². The summed E-state index contributed by atoms with van der Waals surface area (Å²) in [4.78, 5) is 15.9. The van der Waals surface area contributed by atoms with Crippen LogP contribution in [0.5, 0.6) is 5.75 Å². The van der Waals surface area contributed by atoms with Gasteiger partial charge < -0.3 is 10.1 Å². The van der Waals surface area contributed by atoms with Gasteiger partial charge in [-0.15, -0.1) is 0 Å². The molecular formula is C16H15FN2O2. The third-order valence-corrected chi connectivity index (χ3v) is 2.61. The molecule has 1 aromatic heterocycles. The maximum atomic E-state index is 12.8. The molecule has 0 bridgehead atoms. The number of benzene rings is 1. The van der Waals surface area contributed by atoms with E-state index in [-0.39, 0.29) is 11.7 Å². The number of carbonyl (C=O) groups excluding carboxylic acids is 1. The van der Waals surface area contributed by atoms with E-state index in [1.807, 2.05) is 6.92 Å². The van der Waals surface area contributed by atoms with Crippen LogP contribution in [0.25, 0.3) is 6.08 Å². The van der Waals surface area contributed by atoms with E-state index in [4.69, 9.17) is 4.74 Å². The number of pyridine rings is 1. The highest BCUT2D eigenvalue weighted by Crippen LogP contribution is 2.20. The molecule has 108 valence electrons. The summed E-state index contributed by atoms with van der Waals surface area (Å²) in [6, 6.07) is 9.31. The van der Waals surface area contributed by atoms with Gasteiger partial charge in [-0.3, -0.25) is 4.79 Å². The van der Waals surface area contributed by atoms with Crippen LogP contribution in [0, 0.1) is 5.82 Å². The lowest BCUT2D eigenvalue weighted by Crippen LogP contribution is -2.10. The molecule has 2 aromatic rings. The number of ether oxygens (including phenoxy) is 1. The number of hydrogen-bond donors (Lipinski definition) is 1. The van der Waals surface area contributed by atoms with E-state index in [0.717, 1.165) is 5.56 Å². The van der Waals surface area contributed by atoms with Gasteiger partial charge in [0.25, 0.3) is 0 Å². The molecule has 0 saturated heterocycles. The van der Waals surface area contributed by atoms with E-state index in [9.17, 15) is 9.18 Å². The Labute approximate surface area is 122 Å². The van der Waals surface area contributed by atoms with Gasteiger partial charge in [0, 0.05) is 12.3 Å². The smallest absolute Gasteiger partial charge is 0.249 e. The molecule has 1 heterocycles. The third-order valence-electron chi connectivity index (χ3n) is 2.61. The van der Waals surface area contributed by atoms with Crippen LogP contribution in [0.4, 0.5) is 10.2 Å². The molecule has 0 atom stereocenters. The molecule has 1 aromatic carbocycles. The summed E-state index contributed by atoms with van der Waals surface area (Å²) in [6.07, 6.45) is 4.53. The number of halogens is 1. The summed E-state index contributed by atoms with van der Waals surface area (Å²) in [6.45, 7) is 2.34. The van der Waals surface area contributed by atoms with E-state index in [1.165, 1.54) is 18.2 Å². The summed E-state index contributed by atoms with van der Waals surface area (Å²) in [5.41, 5.74) is 0.734. The minimum absolute atomic E-state index is 0.313. The van der Waals surface area contributed by atoms with E-state index in [2.05, 4.69) is 10.3 Å². The predicted octanol–water partition coefficient (Wildman–Crippen LogP) is 3.27. The van der Waals surface area contributed by atoms with Gasteiger partial charge in [-0.1, -0.05) is 12.1 Å².